The van der Waals surface area contributed by atoms with Crippen molar-refractivity contribution >= 4 is 6.41 Å². The summed E-state index contributed by atoms with van der Waals surface area (Å²) in [5.74, 6) is 0. The molecule has 0 aromatic rings. The Kier molecular flexibility index (Phi) is 5.56. The third kappa shape index (κ3) is 9.45. The Hall–Kier alpha value is 0.119. The van der Waals surface area contributed by atoms with E-state index in [9.17, 15) is 4.79 Å². The van der Waals surface area contributed by atoms with Crippen LogP contribution < -0.4 is 5.32 Å². The molecule has 0 unspecified atom stereocenters. The van der Waals surface area contributed by atoms with Crippen LogP contribution in [-0.2, 0) is 24.9 Å². The van der Waals surface area contributed by atoms with Crippen LogP contribution in [0.25, 0.3) is 0 Å². The summed E-state index contributed by atoms with van der Waals surface area (Å²) in [7, 11) is 0. The van der Waals surface area contributed by atoms with Gasteiger partial charge in [0.25, 0.3) is 0 Å². The Morgan fingerprint density at radius 2 is 1.75 bits per heavy atom. The van der Waals surface area contributed by atoms with E-state index in [0.29, 0.717) is 0 Å². The Morgan fingerprint density at radius 3 is 1.75 bits per heavy atom. The number of carbonyl (C=O) groups excluding carboxylic acids is 1. The summed E-state index contributed by atoms with van der Waals surface area (Å²) in [4.78, 5) is 9.58. The molecular formula is C5H10IrNO-. The maximum Gasteiger partial charge on any atom is 0.000490 e. The third-order valence-electron chi connectivity index (χ3n) is 0.426. The van der Waals surface area contributed by atoms with Gasteiger partial charge in [-0.15, -0.1) is 0 Å². The maximum atomic E-state index is 9.58. The molecule has 0 rings (SSSR count). The van der Waals surface area contributed by atoms with Gasteiger partial charge in [0.05, 0.1) is 0 Å². The molecule has 0 heterocycles. The standard InChI is InChI=1S/C5H10NO.Ir/c1-5(2,3)6-4-7;/h1-3H3,(H,6,7);/q-1;. The molecule has 0 saturated heterocycles. The Bertz CT molecular complexity index is 67.3. The van der Waals surface area contributed by atoms with Crippen LogP contribution >= 0.6 is 0 Å². The second-order valence-electron chi connectivity index (χ2n) is 2.48. The molecule has 0 spiro atoms. The first-order valence-corrected chi connectivity index (χ1v) is 2.20. The van der Waals surface area contributed by atoms with Crippen molar-refractivity contribution in [3.8, 4) is 0 Å². The first kappa shape index (κ1) is 11.0. The summed E-state index contributed by atoms with van der Waals surface area (Å²) in [6.45, 7) is 5.70. The topological polar surface area (TPSA) is 29.1 Å². The van der Waals surface area contributed by atoms with Gasteiger partial charge in [0.1, 0.15) is 0 Å². The SMILES string of the molecule is CC(C)(C)N[C-]=O.[Ir]. The smallest absolute Gasteiger partial charge is 0.000490 e. The van der Waals surface area contributed by atoms with Gasteiger partial charge in [-0.25, -0.2) is 0 Å². The van der Waals surface area contributed by atoms with Gasteiger partial charge in [0, 0.05) is 25.6 Å². The number of nitrogens with one attached hydrogen (secondary N) is 1. The summed E-state index contributed by atoms with van der Waals surface area (Å²) in [6, 6.07) is 0. The normalized spacial score (nSPS) is 9.38. The van der Waals surface area contributed by atoms with Crippen molar-refractivity contribution in [2.24, 2.45) is 0 Å². The van der Waals surface area contributed by atoms with E-state index in [-0.39, 0.29) is 25.6 Å². The fourth-order valence-corrected chi connectivity index (χ4v) is 0.153. The van der Waals surface area contributed by atoms with Gasteiger partial charge >= 0.3 is 0 Å². The largest absolute Gasteiger partial charge is 0.526 e. The predicted octanol–water partition coefficient (Wildman–Crippen LogP) is 0.439. The maximum absolute atomic E-state index is 9.58. The van der Waals surface area contributed by atoms with Crippen molar-refractivity contribution < 1.29 is 24.9 Å². The Labute approximate surface area is 63.4 Å². The second-order valence-corrected chi connectivity index (χ2v) is 2.48. The summed E-state index contributed by atoms with van der Waals surface area (Å²) >= 11 is 0. The fourth-order valence-electron chi connectivity index (χ4n) is 0.153. The van der Waals surface area contributed by atoms with Crippen LogP contribution in [0.4, 0.5) is 0 Å². The molecule has 0 atom stereocenters. The molecule has 0 aliphatic carbocycles. The molecular weight excluding hydrogens is 282 g/mol. The van der Waals surface area contributed by atoms with Crippen molar-refractivity contribution in [3.05, 3.63) is 0 Å². The average Bonchev–Trinajstić information content (AvgIpc) is 1.30. The molecule has 8 heavy (non-hydrogen) atoms. The summed E-state index contributed by atoms with van der Waals surface area (Å²) in [5, 5.41) is 2.48. The van der Waals surface area contributed by atoms with Gasteiger partial charge in [-0.3, -0.25) is 0 Å². The van der Waals surface area contributed by atoms with Crippen molar-refractivity contribution in [2.75, 3.05) is 0 Å². The molecule has 0 aliphatic heterocycles. The van der Waals surface area contributed by atoms with Crippen molar-refractivity contribution in [3.63, 3.8) is 0 Å². The molecule has 0 aromatic carbocycles. The zero-order valence-electron chi connectivity index (χ0n) is 5.24. The Morgan fingerprint density at radius 1 is 1.38 bits per heavy atom. The van der Waals surface area contributed by atoms with Crippen LogP contribution in [0.15, 0.2) is 0 Å². The van der Waals surface area contributed by atoms with Gasteiger partial charge < -0.3 is 10.1 Å². The van der Waals surface area contributed by atoms with Gasteiger partial charge in [0.15, 0.2) is 0 Å². The zero-order valence-corrected chi connectivity index (χ0v) is 7.64. The first-order valence-electron chi connectivity index (χ1n) is 2.20. The summed E-state index contributed by atoms with van der Waals surface area (Å²) in [6.07, 6.45) is 1.61. The van der Waals surface area contributed by atoms with Crippen LogP contribution in [0.5, 0.6) is 0 Å². The minimum absolute atomic E-state index is 0. The van der Waals surface area contributed by atoms with E-state index in [0.717, 1.165) is 0 Å². The van der Waals surface area contributed by atoms with Gasteiger partial charge in [-0.2, -0.15) is 6.41 Å². The molecule has 1 amide bonds. The van der Waals surface area contributed by atoms with E-state index < -0.39 is 0 Å². The monoisotopic (exact) mass is 293 g/mol. The van der Waals surface area contributed by atoms with Crippen molar-refractivity contribution in [1.82, 2.24) is 5.32 Å². The van der Waals surface area contributed by atoms with E-state index in [1.165, 1.54) is 0 Å². The van der Waals surface area contributed by atoms with Gasteiger partial charge in [-0.05, 0) is 20.8 Å². The van der Waals surface area contributed by atoms with Gasteiger partial charge in [0.2, 0.25) is 0 Å². The van der Waals surface area contributed by atoms with Crippen LogP contribution in [0.3, 0.4) is 0 Å². The fraction of sp³-hybridized carbons (Fsp3) is 0.800. The number of hydrogen-bond acceptors (Lipinski definition) is 1. The first-order chi connectivity index (χ1) is 3.06. The zero-order chi connectivity index (χ0) is 5.91. The van der Waals surface area contributed by atoms with E-state index >= 15 is 0 Å². The van der Waals surface area contributed by atoms with E-state index in [2.05, 4.69) is 5.32 Å². The van der Waals surface area contributed by atoms with E-state index in [1.54, 1.807) is 6.41 Å². The molecule has 0 bridgehead atoms. The molecule has 1 N–H and O–H groups in total. The van der Waals surface area contributed by atoms with Crippen molar-refractivity contribution in [1.29, 1.82) is 0 Å². The summed E-state index contributed by atoms with van der Waals surface area (Å²) < 4.78 is 0. The van der Waals surface area contributed by atoms with Crippen molar-refractivity contribution in [2.45, 2.75) is 26.3 Å². The average molecular weight is 292 g/mol. The Balaban J connectivity index is 0. The molecule has 1 radical (unpaired) electrons. The molecule has 3 heteroatoms. The number of rotatable bonds is 1. The van der Waals surface area contributed by atoms with Crippen LogP contribution in [0.2, 0.25) is 0 Å². The molecule has 2 nitrogen and oxygen atoms in total. The molecule has 0 fully saturated rings. The third-order valence-corrected chi connectivity index (χ3v) is 0.426. The summed E-state index contributed by atoms with van der Waals surface area (Å²) in [5.41, 5.74) is -0.123. The molecule has 0 aliphatic rings. The van der Waals surface area contributed by atoms with Gasteiger partial charge in [-0.1, -0.05) is 0 Å². The van der Waals surface area contributed by atoms with E-state index in [4.69, 9.17) is 0 Å². The quantitative estimate of drug-likeness (QED) is 0.551. The van der Waals surface area contributed by atoms with E-state index in [1.807, 2.05) is 20.8 Å². The number of hydrogen-bond donors (Lipinski definition) is 1. The van der Waals surface area contributed by atoms with Crippen LogP contribution in [-0.4, -0.2) is 11.9 Å². The minimum Gasteiger partial charge on any atom is -0.526 e. The molecule has 51 valence electrons. The molecule has 0 aromatic heterocycles. The second kappa shape index (κ2) is 4.04. The number of amides is 1. The van der Waals surface area contributed by atoms with Crippen LogP contribution in [0, 0.1) is 0 Å². The molecule has 0 saturated carbocycles. The predicted molar refractivity (Wildman–Crippen MR) is 28.6 cm³/mol. The minimum atomic E-state index is -0.123. The van der Waals surface area contributed by atoms with Crippen LogP contribution in [0.1, 0.15) is 20.8 Å².